The number of likely N-dealkylation sites (tertiary alicyclic amines) is 1. The van der Waals surface area contributed by atoms with Crippen LogP contribution in [0.1, 0.15) is 33.6 Å². The monoisotopic (exact) mass is 223 g/mol. The van der Waals surface area contributed by atoms with E-state index in [0.29, 0.717) is 5.92 Å². The number of nitrogens with zero attached hydrogens (tertiary/aromatic N) is 2. The van der Waals surface area contributed by atoms with E-state index in [1.807, 2.05) is 18.7 Å². The van der Waals surface area contributed by atoms with Gasteiger partial charge in [0.2, 0.25) is 0 Å². The van der Waals surface area contributed by atoms with Crippen LogP contribution in [-0.4, -0.2) is 30.1 Å². The minimum atomic E-state index is -0.383. The number of carbonyl (C=O) groups is 1. The first-order valence-corrected chi connectivity index (χ1v) is 5.99. The lowest BCUT2D eigenvalue weighted by atomic mass is 9.99. The van der Waals surface area contributed by atoms with Crippen molar-refractivity contribution in [2.45, 2.75) is 39.7 Å². The van der Waals surface area contributed by atoms with Crippen molar-refractivity contribution in [1.82, 2.24) is 10.2 Å². The van der Waals surface area contributed by atoms with Gasteiger partial charge in [-0.1, -0.05) is 20.8 Å². The van der Waals surface area contributed by atoms with Crippen molar-refractivity contribution >= 4 is 6.03 Å². The van der Waals surface area contributed by atoms with Crippen LogP contribution in [0.15, 0.2) is 0 Å². The summed E-state index contributed by atoms with van der Waals surface area (Å²) in [5.41, 5.74) is 0. The summed E-state index contributed by atoms with van der Waals surface area (Å²) < 4.78 is 0. The summed E-state index contributed by atoms with van der Waals surface area (Å²) in [6, 6.07) is 1.65. The number of nitriles is 1. The number of amides is 2. The van der Waals surface area contributed by atoms with E-state index in [-0.39, 0.29) is 18.0 Å². The SMILES string of the molecule is CC1CCN(C(=O)NC(C#N)C(C)C)CC1. The van der Waals surface area contributed by atoms with E-state index in [2.05, 4.69) is 18.3 Å². The third-order valence-corrected chi connectivity index (χ3v) is 3.16. The Morgan fingerprint density at radius 1 is 1.44 bits per heavy atom. The fraction of sp³-hybridized carbons (Fsp3) is 0.833. The van der Waals surface area contributed by atoms with Gasteiger partial charge in [0, 0.05) is 13.1 Å². The Kier molecular flexibility index (Phi) is 4.60. The Bertz CT molecular complexity index is 274. The molecule has 0 aromatic carbocycles. The van der Waals surface area contributed by atoms with Gasteiger partial charge < -0.3 is 10.2 Å². The second-order valence-corrected chi connectivity index (χ2v) is 4.97. The molecule has 0 aromatic rings. The Labute approximate surface area is 97.6 Å². The molecule has 1 aliphatic rings. The quantitative estimate of drug-likeness (QED) is 0.778. The normalized spacial score (nSPS) is 19.3. The van der Waals surface area contributed by atoms with Gasteiger partial charge in [-0.05, 0) is 24.7 Å². The smallest absolute Gasteiger partial charge is 0.318 e. The van der Waals surface area contributed by atoms with Gasteiger partial charge in [0.25, 0.3) is 0 Å². The van der Waals surface area contributed by atoms with E-state index in [1.54, 1.807) is 0 Å². The van der Waals surface area contributed by atoms with Crippen LogP contribution >= 0.6 is 0 Å². The van der Waals surface area contributed by atoms with Crippen LogP contribution in [0.25, 0.3) is 0 Å². The number of urea groups is 1. The Morgan fingerprint density at radius 2 is 2.00 bits per heavy atom. The summed E-state index contributed by atoms with van der Waals surface area (Å²) in [6.45, 7) is 7.70. The van der Waals surface area contributed by atoms with Crippen LogP contribution in [-0.2, 0) is 0 Å². The van der Waals surface area contributed by atoms with Crippen LogP contribution < -0.4 is 5.32 Å². The van der Waals surface area contributed by atoms with Crippen molar-refractivity contribution in [3.05, 3.63) is 0 Å². The van der Waals surface area contributed by atoms with Crippen LogP contribution in [0.3, 0.4) is 0 Å². The lowest BCUT2D eigenvalue weighted by Gasteiger charge is -2.31. The summed E-state index contributed by atoms with van der Waals surface area (Å²) in [6.07, 6.45) is 2.12. The minimum Gasteiger partial charge on any atom is -0.325 e. The molecule has 2 amide bonds. The lowest BCUT2D eigenvalue weighted by molar-refractivity contribution is 0.170. The highest BCUT2D eigenvalue weighted by molar-refractivity contribution is 5.75. The number of rotatable bonds is 2. The molecule has 0 aromatic heterocycles. The van der Waals surface area contributed by atoms with Gasteiger partial charge in [0.15, 0.2) is 0 Å². The summed E-state index contributed by atoms with van der Waals surface area (Å²) >= 11 is 0. The molecule has 1 N–H and O–H groups in total. The molecular formula is C12H21N3O. The first-order chi connectivity index (χ1) is 7.54. The molecule has 1 rings (SSSR count). The van der Waals surface area contributed by atoms with E-state index < -0.39 is 0 Å². The molecule has 1 fully saturated rings. The number of piperidine rings is 1. The van der Waals surface area contributed by atoms with Gasteiger partial charge in [0.05, 0.1) is 6.07 Å². The molecule has 0 radical (unpaired) electrons. The topological polar surface area (TPSA) is 56.1 Å². The maximum absolute atomic E-state index is 11.8. The van der Waals surface area contributed by atoms with E-state index in [1.165, 1.54) is 0 Å². The van der Waals surface area contributed by atoms with E-state index in [0.717, 1.165) is 25.9 Å². The zero-order valence-corrected chi connectivity index (χ0v) is 10.4. The largest absolute Gasteiger partial charge is 0.325 e. The van der Waals surface area contributed by atoms with Crippen LogP contribution in [0.2, 0.25) is 0 Å². The van der Waals surface area contributed by atoms with Gasteiger partial charge in [-0.25, -0.2) is 4.79 Å². The van der Waals surface area contributed by atoms with Gasteiger partial charge in [-0.3, -0.25) is 0 Å². The van der Waals surface area contributed by atoms with E-state index in [4.69, 9.17) is 5.26 Å². The van der Waals surface area contributed by atoms with Gasteiger partial charge >= 0.3 is 6.03 Å². The molecule has 4 heteroatoms. The third kappa shape index (κ3) is 3.41. The summed E-state index contributed by atoms with van der Waals surface area (Å²) in [4.78, 5) is 13.7. The predicted molar refractivity (Wildman–Crippen MR) is 62.7 cm³/mol. The summed E-state index contributed by atoms with van der Waals surface area (Å²) in [5, 5.41) is 11.7. The highest BCUT2D eigenvalue weighted by Gasteiger charge is 2.23. The van der Waals surface area contributed by atoms with Gasteiger partial charge in [-0.15, -0.1) is 0 Å². The summed E-state index contributed by atoms with van der Waals surface area (Å²) in [7, 11) is 0. The molecule has 1 unspecified atom stereocenters. The van der Waals surface area contributed by atoms with Gasteiger partial charge in [0.1, 0.15) is 6.04 Å². The molecular weight excluding hydrogens is 202 g/mol. The fourth-order valence-electron chi connectivity index (χ4n) is 1.78. The van der Waals surface area contributed by atoms with E-state index >= 15 is 0 Å². The second-order valence-electron chi connectivity index (χ2n) is 4.97. The lowest BCUT2D eigenvalue weighted by Crippen LogP contribution is -2.48. The van der Waals surface area contributed by atoms with E-state index in [9.17, 15) is 4.79 Å². The number of hydrogen-bond donors (Lipinski definition) is 1. The Hall–Kier alpha value is -1.24. The molecule has 16 heavy (non-hydrogen) atoms. The average Bonchev–Trinajstić information content (AvgIpc) is 2.26. The number of hydrogen-bond acceptors (Lipinski definition) is 2. The van der Waals surface area contributed by atoms with Crippen molar-refractivity contribution in [2.75, 3.05) is 13.1 Å². The van der Waals surface area contributed by atoms with Gasteiger partial charge in [-0.2, -0.15) is 5.26 Å². The van der Waals surface area contributed by atoms with Crippen molar-refractivity contribution in [1.29, 1.82) is 5.26 Å². The first kappa shape index (κ1) is 12.8. The van der Waals surface area contributed by atoms with Crippen molar-refractivity contribution < 1.29 is 4.79 Å². The maximum Gasteiger partial charge on any atom is 0.318 e. The zero-order valence-electron chi connectivity index (χ0n) is 10.4. The van der Waals surface area contributed by atoms with Crippen LogP contribution in [0.4, 0.5) is 4.79 Å². The molecule has 0 bridgehead atoms. The second kappa shape index (κ2) is 5.74. The standard InChI is InChI=1S/C12H21N3O/c1-9(2)11(8-13)14-12(16)15-6-4-10(3)5-7-15/h9-11H,4-7H2,1-3H3,(H,14,16). The fourth-order valence-corrected chi connectivity index (χ4v) is 1.78. The molecule has 1 saturated heterocycles. The number of carbonyl (C=O) groups excluding carboxylic acids is 1. The van der Waals surface area contributed by atoms with Crippen LogP contribution in [0.5, 0.6) is 0 Å². The molecule has 0 aliphatic carbocycles. The summed E-state index contributed by atoms with van der Waals surface area (Å²) in [5.74, 6) is 0.860. The highest BCUT2D eigenvalue weighted by Crippen LogP contribution is 2.16. The maximum atomic E-state index is 11.8. The average molecular weight is 223 g/mol. The predicted octanol–water partition coefficient (Wildman–Crippen LogP) is 1.98. The molecule has 4 nitrogen and oxygen atoms in total. The minimum absolute atomic E-state index is 0.0906. The van der Waals surface area contributed by atoms with Crippen molar-refractivity contribution in [3.8, 4) is 6.07 Å². The molecule has 0 saturated carbocycles. The Morgan fingerprint density at radius 3 is 2.44 bits per heavy atom. The third-order valence-electron chi connectivity index (χ3n) is 3.16. The zero-order chi connectivity index (χ0) is 12.1. The van der Waals surface area contributed by atoms with Crippen LogP contribution in [0, 0.1) is 23.2 Å². The number of nitrogens with one attached hydrogen (secondary N) is 1. The molecule has 1 atom stereocenters. The highest BCUT2D eigenvalue weighted by atomic mass is 16.2. The molecule has 0 spiro atoms. The first-order valence-electron chi connectivity index (χ1n) is 5.99. The Balaban J connectivity index is 2.43. The molecule has 1 aliphatic heterocycles. The molecule has 90 valence electrons. The van der Waals surface area contributed by atoms with Crippen molar-refractivity contribution in [3.63, 3.8) is 0 Å². The van der Waals surface area contributed by atoms with Crippen molar-refractivity contribution in [2.24, 2.45) is 11.8 Å². The molecule has 1 heterocycles.